The quantitative estimate of drug-likeness (QED) is 0.554. The molecular weight excluding hydrogens is 450 g/mol. The SMILES string of the molecule is CN(C1CCCCC1)S(=O)(=O)c1ccc(C(=O)N2CCC(c3nnc4ccccn34)CC2)cc1. The number of sulfonamides is 1. The molecule has 3 aromatic rings. The van der Waals surface area contributed by atoms with Gasteiger partial charge in [-0.1, -0.05) is 25.3 Å². The van der Waals surface area contributed by atoms with Gasteiger partial charge >= 0.3 is 0 Å². The minimum absolute atomic E-state index is 0.0590. The zero-order valence-corrected chi connectivity index (χ0v) is 20.3. The number of hydrogen-bond donors (Lipinski definition) is 0. The number of rotatable bonds is 5. The van der Waals surface area contributed by atoms with Crippen molar-refractivity contribution in [2.45, 2.75) is 61.8 Å². The van der Waals surface area contributed by atoms with Gasteiger partial charge in [0.05, 0.1) is 4.90 Å². The molecule has 1 saturated carbocycles. The Morgan fingerprint density at radius 3 is 2.35 bits per heavy atom. The number of pyridine rings is 1. The van der Waals surface area contributed by atoms with Crippen LogP contribution in [0, 0.1) is 0 Å². The van der Waals surface area contributed by atoms with E-state index in [4.69, 9.17) is 0 Å². The van der Waals surface area contributed by atoms with Gasteiger partial charge in [0, 0.05) is 43.9 Å². The zero-order valence-electron chi connectivity index (χ0n) is 19.5. The Morgan fingerprint density at radius 2 is 1.65 bits per heavy atom. The first-order chi connectivity index (χ1) is 16.4. The third kappa shape index (κ3) is 4.34. The first-order valence-corrected chi connectivity index (χ1v) is 13.6. The topological polar surface area (TPSA) is 87.9 Å². The van der Waals surface area contributed by atoms with Gasteiger partial charge in [-0.05, 0) is 62.1 Å². The minimum Gasteiger partial charge on any atom is -0.339 e. The fourth-order valence-electron chi connectivity index (χ4n) is 5.24. The molecule has 0 spiro atoms. The second-order valence-corrected chi connectivity index (χ2v) is 11.4. The van der Waals surface area contributed by atoms with Crippen molar-refractivity contribution in [2.24, 2.45) is 0 Å². The Labute approximate surface area is 200 Å². The lowest BCUT2D eigenvalue weighted by atomic mass is 9.95. The average molecular weight is 482 g/mol. The monoisotopic (exact) mass is 481 g/mol. The summed E-state index contributed by atoms with van der Waals surface area (Å²) in [5.74, 6) is 1.14. The molecular formula is C25H31N5O3S. The smallest absolute Gasteiger partial charge is 0.253 e. The number of fused-ring (bicyclic) bond motifs is 1. The molecule has 1 saturated heterocycles. The van der Waals surface area contributed by atoms with E-state index in [2.05, 4.69) is 10.2 Å². The van der Waals surface area contributed by atoms with E-state index in [1.165, 1.54) is 10.7 Å². The lowest BCUT2D eigenvalue weighted by Crippen LogP contribution is -2.39. The van der Waals surface area contributed by atoms with Crippen LogP contribution >= 0.6 is 0 Å². The van der Waals surface area contributed by atoms with Crippen LogP contribution in [0.15, 0.2) is 53.6 Å². The summed E-state index contributed by atoms with van der Waals surface area (Å²) in [6.45, 7) is 1.27. The number of hydrogen-bond acceptors (Lipinski definition) is 5. The molecule has 3 heterocycles. The number of piperidine rings is 1. The lowest BCUT2D eigenvalue weighted by Gasteiger charge is -2.31. The summed E-state index contributed by atoms with van der Waals surface area (Å²) in [6, 6.07) is 12.3. The molecule has 8 nitrogen and oxygen atoms in total. The van der Waals surface area contributed by atoms with Crippen LogP contribution < -0.4 is 0 Å². The van der Waals surface area contributed by atoms with Crippen LogP contribution in [-0.4, -0.2) is 64.3 Å². The maximum atomic E-state index is 13.1. The van der Waals surface area contributed by atoms with E-state index in [9.17, 15) is 13.2 Å². The van der Waals surface area contributed by atoms with Crippen LogP contribution in [-0.2, 0) is 10.0 Å². The van der Waals surface area contributed by atoms with E-state index in [-0.39, 0.29) is 22.8 Å². The van der Waals surface area contributed by atoms with Gasteiger partial charge in [-0.3, -0.25) is 9.20 Å². The Kier molecular flexibility index (Phi) is 6.40. The summed E-state index contributed by atoms with van der Waals surface area (Å²) >= 11 is 0. The molecule has 0 unspecified atom stereocenters. The summed E-state index contributed by atoms with van der Waals surface area (Å²) in [5.41, 5.74) is 1.35. The first kappa shape index (κ1) is 23.0. The van der Waals surface area contributed by atoms with Crippen molar-refractivity contribution >= 4 is 21.6 Å². The summed E-state index contributed by atoms with van der Waals surface area (Å²) in [5, 5.41) is 8.62. The average Bonchev–Trinajstić information content (AvgIpc) is 3.33. The van der Waals surface area contributed by atoms with Crippen molar-refractivity contribution in [3.63, 3.8) is 0 Å². The maximum Gasteiger partial charge on any atom is 0.253 e. The van der Waals surface area contributed by atoms with Gasteiger partial charge in [0.15, 0.2) is 5.65 Å². The fraction of sp³-hybridized carbons (Fsp3) is 0.480. The predicted octanol–water partition coefficient (Wildman–Crippen LogP) is 3.70. The molecule has 9 heteroatoms. The highest BCUT2D eigenvalue weighted by atomic mass is 32.2. The molecule has 180 valence electrons. The number of carbonyl (C=O) groups is 1. The van der Waals surface area contributed by atoms with E-state index in [0.717, 1.165) is 50.0 Å². The van der Waals surface area contributed by atoms with Crippen LogP contribution in [0.5, 0.6) is 0 Å². The Bertz CT molecular complexity index is 1260. The van der Waals surface area contributed by atoms with E-state index >= 15 is 0 Å². The highest BCUT2D eigenvalue weighted by Gasteiger charge is 2.30. The number of benzene rings is 1. The van der Waals surface area contributed by atoms with Crippen molar-refractivity contribution in [1.29, 1.82) is 0 Å². The van der Waals surface area contributed by atoms with Crippen molar-refractivity contribution < 1.29 is 13.2 Å². The largest absolute Gasteiger partial charge is 0.339 e. The van der Waals surface area contributed by atoms with Gasteiger partial charge in [-0.15, -0.1) is 10.2 Å². The lowest BCUT2D eigenvalue weighted by molar-refractivity contribution is 0.0710. The van der Waals surface area contributed by atoms with Gasteiger partial charge < -0.3 is 4.90 Å². The van der Waals surface area contributed by atoms with E-state index in [0.29, 0.717) is 18.7 Å². The summed E-state index contributed by atoms with van der Waals surface area (Å²) in [4.78, 5) is 15.2. The molecule has 1 aliphatic heterocycles. The van der Waals surface area contributed by atoms with Crippen LogP contribution in [0.25, 0.3) is 5.65 Å². The van der Waals surface area contributed by atoms with Gasteiger partial charge in [0.25, 0.3) is 5.91 Å². The molecule has 0 N–H and O–H groups in total. The molecule has 1 aliphatic carbocycles. The summed E-state index contributed by atoms with van der Waals surface area (Å²) in [7, 11) is -1.89. The van der Waals surface area contributed by atoms with Crippen LogP contribution in [0.3, 0.4) is 0 Å². The molecule has 0 atom stereocenters. The summed E-state index contributed by atoms with van der Waals surface area (Å²) < 4.78 is 29.7. The summed E-state index contributed by atoms with van der Waals surface area (Å²) in [6.07, 6.45) is 8.75. The van der Waals surface area contributed by atoms with Crippen molar-refractivity contribution in [1.82, 2.24) is 23.8 Å². The number of nitrogens with zero attached hydrogens (tertiary/aromatic N) is 5. The van der Waals surface area contributed by atoms with Crippen LogP contribution in [0.2, 0.25) is 0 Å². The number of amides is 1. The van der Waals surface area contributed by atoms with Crippen molar-refractivity contribution in [2.75, 3.05) is 20.1 Å². The maximum absolute atomic E-state index is 13.1. The standard InChI is InChI=1S/C25H31N5O3S/c1-28(21-7-3-2-4-8-21)34(32,33)22-12-10-20(11-13-22)25(31)29-17-14-19(15-18-29)24-27-26-23-9-5-6-16-30(23)24/h5-6,9-13,16,19,21H,2-4,7-8,14-15,17-18H2,1H3. The van der Waals surface area contributed by atoms with Crippen molar-refractivity contribution in [3.8, 4) is 0 Å². The first-order valence-electron chi connectivity index (χ1n) is 12.1. The second kappa shape index (κ2) is 9.46. The zero-order chi connectivity index (χ0) is 23.7. The molecule has 0 radical (unpaired) electrons. The molecule has 2 fully saturated rings. The van der Waals surface area contributed by atoms with E-state index in [1.54, 1.807) is 31.3 Å². The normalized spacial score (nSPS) is 18.6. The Morgan fingerprint density at radius 1 is 0.941 bits per heavy atom. The van der Waals surface area contributed by atoms with E-state index < -0.39 is 10.0 Å². The van der Waals surface area contributed by atoms with Gasteiger partial charge in [0.2, 0.25) is 10.0 Å². The Balaban J connectivity index is 1.23. The second-order valence-electron chi connectivity index (χ2n) is 9.39. The van der Waals surface area contributed by atoms with Crippen molar-refractivity contribution in [3.05, 3.63) is 60.0 Å². The van der Waals surface area contributed by atoms with Crippen LogP contribution in [0.1, 0.15) is 67.0 Å². The number of likely N-dealkylation sites (tertiary alicyclic amines) is 1. The molecule has 1 amide bonds. The van der Waals surface area contributed by atoms with E-state index in [1.807, 2.05) is 33.7 Å². The van der Waals surface area contributed by atoms with Gasteiger partial charge in [0.1, 0.15) is 5.82 Å². The Hall–Kier alpha value is -2.78. The predicted molar refractivity (Wildman–Crippen MR) is 129 cm³/mol. The fourth-order valence-corrected chi connectivity index (χ4v) is 6.65. The number of carbonyl (C=O) groups excluding carboxylic acids is 1. The minimum atomic E-state index is -3.56. The number of aromatic nitrogens is 3. The van der Waals surface area contributed by atoms with Gasteiger partial charge in [-0.2, -0.15) is 4.31 Å². The molecule has 2 aliphatic rings. The molecule has 5 rings (SSSR count). The van der Waals surface area contributed by atoms with Crippen LogP contribution in [0.4, 0.5) is 0 Å². The molecule has 34 heavy (non-hydrogen) atoms. The molecule has 1 aromatic carbocycles. The highest BCUT2D eigenvalue weighted by molar-refractivity contribution is 7.89. The molecule has 2 aromatic heterocycles. The third-order valence-corrected chi connectivity index (χ3v) is 9.28. The molecule has 0 bridgehead atoms. The highest BCUT2D eigenvalue weighted by Crippen LogP contribution is 2.29. The third-order valence-electron chi connectivity index (χ3n) is 7.35. The van der Waals surface area contributed by atoms with Gasteiger partial charge in [-0.25, -0.2) is 8.42 Å².